The number of aliphatic carboxylic acids is 1. The van der Waals surface area contributed by atoms with Crippen LogP contribution in [-0.4, -0.2) is 54.5 Å². The summed E-state index contributed by atoms with van der Waals surface area (Å²) in [5.41, 5.74) is 1.28. The Morgan fingerprint density at radius 1 is 1.17 bits per heavy atom. The number of aromatic nitrogens is 6. The summed E-state index contributed by atoms with van der Waals surface area (Å²) in [7, 11) is -1.17. The highest BCUT2D eigenvalue weighted by atomic mass is 35.5. The van der Waals surface area contributed by atoms with E-state index < -0.39 is 33.8 Å². The first kappa shape index (κ1) is 27.9. The fourth-order valence-corrected chi connectivity index (χ4v) is 6.31. The molecule has 6 rings (SSSR count). The lowest BCUT2D eigenvalue weighted by atomic mass is 10.1. The van der Waals surface area contributed by atoms with Gasteiger partial charge in [-0.25, -0.2) is 13.2 Å². The number of fused-ring (bicyclic) bond motifs is 2. The van der Waals surface area contributed by atoms with E-state index in [2.05, 4.69) is 4.98 Å². The van der Waals surface area contributed by atoms with Gasteiger partial charge in [0, 0.05) is 43.4 Å². The molecule has 1 aromatic carbocycles. The molecule has 0 atom stereocenters. The molecule has 1 saturated carbocycles. The average Bonchev–Trinajstić information content (AvgIpc) is 3.58. The summed E-state index contributed by atoms with van der Waals surface area (Å²) >= 11 is 6.29. The van der Waals surface area contributed by atoms with E-state index in [4.69, 9.17) is 21.8 Å². The highest BCUT2D eigenvalue weighted by molar-refractivity contribution is 7.89. The van der Waals surface area contributed by atoms with E-state index in [0.717, 1.165) is 28.4 Å². The number of aryl methyl sites for hydroxylation is 1. The van der Waals surface area contributed by atoms with Gasteiger partial charge in [-0.1, -0.05) is 11.6 Å². The van der Waals surface area contributed by atoms with Crippen molar-refractivity contribution in [3.63, 3.8) is 0 Å². The molecule has 4 heterocycles. The number of pyridine rings is 1. The third-order valence-corrected chi connectivity index (χ3v) is 9.03. The van der Waals surface area contributed by atoms with E-state index in [1.165, 1.54) is 28.4 Å². The summed E-state index contributed by atoms with van der Waals surface area (Å²) < 4.78 is 33.5. The molecule has 0 radical (unpaired) electrons. The van der Waals surface area contributed by atoms with E-state index in [1.54, 1.807) is 42.2 Å². The summed E-state index contributed by atoms with van der Waals surface area (Å²) in [6, 6.07) is 8.48. The third kappa shape index (κ3) is 4.91. The maximum atomic E-state index is 13.7. The Morgan fingerprint density at radius 2 is 1.93 bits per heavy atom. The molecule has 0 unspecified atom stereocenters. The zero-order valence-electron chi connectivity index (χ0n) is 22.6. The molecule has 4 aromatic heterocycles. The number of benzene rings is 1. The standard InChI is InChI=1S/C27H26ClN7O6S/c1-32-14-18(42(40,41)30-11-22(36)37)10-21(32)24-23-25(34(12-15-3-4-15)27(39)33(2)26(23)38)31-35(24)13-16-7-8-29-20-6-5-17(28)9-19(16)20/h5-10,14-15,30H,3-4,11-13H2,1-2H3,(H,36,37). The van der Waals surface area contributed by atoms with Gasteiger partial charge >= 0.3 is 11.7 Å². The molecule has 15 heteroatoms. The van der Waals surface area contributed by atoms with E-state index in [0.29, 0.717) is 34.4 Å². The lowest BCUT2D eigenvalue weighted by molar-refractivity contribution is -0.135. The minimum absolute atomic E-state index is 0.147. The van der Waals surface area contributed by atoms with Gasteiger partial charge < -0.3 is 9.67 Å². The van der Waals surface area contributed by atoms with Gasteiger partial charge in [-0.15, -0.1) is 0 Å². The Kier molecular flexibility index (Phi) is 6.78. The van der Waals surface area contributed by atoms with Crippen molar-refractivity contribution in [2.45, 2.75) is 30.8 Å². The second-order valence-corrected chi connectivity index (χ2v) is 12.6. The van der Waals surface area contributed by atoms with Gasteiger partial charge in [0.1, 0.15) is 22.5 Å². The van der Waals surface area contributed by atoms with Crippen molar-refractivity contribution < 1.29 is 18.3 Å². The molecule has 5 aromatic rings. The Bertz CT molecular complexity index is 2140. The van der Waals surface area contributed by atoms with Crippen molar-refractivity contribution in [2.24, 2.45) is 20.0 Å². The average molecular weight is 612 g/mol. The molecule has 0 amide bonds. The first-order valence-corrected chi connectivity index (χ1v) is 14.9. The smallest absolute Gasteiger partial charge is 0.332 e. The Balaban J connectivity index is 1.61. The zero-order chi connectivity index (χ0) is 29.9. The maximum absolute atomic E-state index is 13.7. The number of carboxylic acid groups (broad SMARTS) is 1. The SMILES string of the molecule is Cn1cc(S(=O)(=O)NCC(=O)O)cc1-c1c2c(=O)n(C)c(=O)n(CC3CC3)c2nn1Cc1ccnc2ccc(Cl)cc12. The summed E-state index contributed by atoms with van der Waals surface area (Å²) in [5.74, 6) is -1.03. The molecule has 2 N–H and O–H groups in total. The monoisotopic (exact) mass is 611 g/mol. The summed E-state index contributed by atoms with van der Waals surface area (Å²) in [4.78, 5) is 42.1. The van der Waals surface area contributed by atoms with Crippen molar-refractivity contribution in [3.05, 3.63) is 74.1 Å². The minimum atomic E-state index is -4.19. The number of nitrogens with one attached hydrogen (secondary N) is 1. The quantitative estimate of drug-likeness (QED) is 0.255. The first-order chi connectivity index (χ1) is 19.9. The fraction of sp³-hybridized carbons (Fsp3) is 0.296. The molecular formula is C27H26ClN7O6S. The number of carbonyl (C=O) groups is 1. The molecule has 13 nitrogen and oxygen atoms in total. The van der Waals surface area contributed by atoms with Gasteiger partial charge in [0.05, 0.1) is 17.8 Å². The van der Waals surface area contributed by atoms with Crippen LogP contribution in [-0.2, 0) is 42.0 Å². The van der Waals surface area contributed by atoms with Gasteiger partial charge in [-0.3, -0.25) is 28.4 Å². The summed E-state index contributed by atoms with van der Waals surface area (Å²) in [6.45, 7) is -0.243. The molecular weight excluding hydrogens is 586 g/mol. The van der Waals surface area contributed by atoms with Crippen LogP contribution in [0.1, 0.15) is 18.4 Å². The van der Waals surface area contributed by atoms with Crippen LogP contribution in [0.2, 0.25) is 5.02 Å². The second kappa shape index (κ2) is 10.2. The molecule has 218 valence electrons. The number of carboxylic acids is 1. The maximum Gasteiger partial charge on any atom is 0.332 e. The number of halogens is 1. The number of nitrogens with zero attached hydrogens (tertiary/aromatic N) is 6. The summed E-state index contributed by atoms with van der Waals surface area (Å²) in [6.07, 6.45) is 4.92. The van der Waals surface area contributed by atoms with Crippen molar-refractivity contribution in [2.75, 3.05) is 6.54 Å². The van der Waals surface area contributed by atoms with Crippen molar-refractivity contribution in [1.29, 1.82) is 0 Å². The second-order valence-electron chi connectivity index (χ2n) is 10.4. The normalized spacial score (nSPS) is 13.8. The Labute approximate surface area is 243 Å². The molecule has 0 spiro atoms. The number of rotatable bonds is 9. The van der Waals surface area contributed by atoms with Crippen LogP contribution < -0.4 is 16.0 Å². The largest absolute Gasteiger partial charge is 0.480 e. The summed E-state index contributed by atoms with van der Waals surface area (Å²) in [5, 5.41) is 15.2. The van der Waals surface area contributed by atoms with Crippen LogP contribution >= 0.6 is 11.6 Å². The number of hydrogen-bond donors (Lipinski definition) is 2. The van der Waals surface area contributed by atoms with Crippen molar-refractivity contribution in [3.8, 4) is 11.4 Å². The van der Waals surface area contributed by atoms with E-state index in [-0.39, 0.29) is 22.5 Å². The molecule has 1 fully saturated rings. The van der Waals surface area contributed by atoms with Crippen LogP contribution in [0, 0.1) is 5.92 Å². The number of sulfonamides is 1. The van der Waals surface area contributed by atoms with E-state index in [1.807, 2.05) is 4.72 Å². The highest BCUT2D eigenvalue weighted by Crippen LogP contribution is 2.33. The lowest BCUT2D eigenvalue weighted by Gasteiger charge is -2.11. The molecule has 42 heavy (non-hydrogen) atoms. The van der Waals surface area contributed by atoms with Gasteiger partial charge in [0.2, 0.25) is 10.0 Å². The molecule has 0 bridgehead atoms. The topological polar surface area (TPSA) is 163 Å². The van der Waals surface area contributed by atoms with Gasteiger partial charge in [0.25, 0.3) is 5.56 Å². The molecule has 0 aliphatic heterocycles. The van der Waals surface area contributed by atoms with Crippen molar-refractivity contribution >= 4 is 49.5 Å². The minimum Gasteiger partial charge on any atom is -0.480 e. The van der Waals surface area contributed by atoms with Crippen LogP contribution in [0.5, 0.6) is 0 Å². The van der Waals surface area contributed by atoms with E-state index in [9.17, 15) is 22.8 Å². The zero-order valence-corrected chi connectivity index (χ0v) is 24.2. The Hall–Kier alpha value is -4.27. The highest BCUT2D eigenvalue weighted by Gasteiger charge is 2.29. The molecule has 0 saturated heterocycles. The lowest BCUT2D eigenvalue weighted by Crippen LogP contribution is -2.38. The Morgan fingerprint density at radius 3 is 2.64 bits per heavy atom. The van der Waals surface area contributed by atoms with Crippen molar-refractivity contribution in [1.82, 2.24) is 33.2 Å². The van der Waals surface area contributed by atoms with Crippen LogP contribution in [0.15, 0.2) is 57.2 Å². The van der Waals surface area contributed by atoms with Gasteiger partial charge in [0.15, 0.2) is 5.65 Å². The van der Waals surface area contributed by atoms with Crippen LogP contribution in [0.4, 0.5) is 0 Å². The molecule has 1 aliphatic carbocycles. The van der Waals surface area contributed by atoms with Crippen LogP contribution in [0.25, 0.3) is 33.3 Å². The predicted octanol–water partition coefficient (Wildman–Crippen LogP) is 1.93. The predicted molar refractivity (Wildman–Crippen MR) is 155 cm³/mol. The fourth-order valence-electron chi connectivity index (χ4n) is 5.09. The third-order valence-electron chi connectivity index (χ3n) is 7.42. The van der Waals surface area contributed by atoms with Gasteiger partial charge in [-0.05, 0) is 54.7 Å². The van der Waals surface area contributed by atoms with Crippen LogP contribution in [0.3, 0.4) is 0 Å². The first-order valence-electron chi connectivity index (χ1n) is 13.1. The van der Waals surface area contributed by atoms with Gasteiger partial charge in [-0.2, -0.15) is 9.82 Å². The van der Waals surface area contributed by atoms with E-state index >= 15 is 0 Å². The molecule has 1 aliphatic rings. The number of hydrogen-bond acceptors (Lipinski definition) is 7.